The van der Waals surface area contributed by atoms with Crippen LogP contribution < -0.4 is 15.9 Å². The predicted molar refractivity (Wildman–Crippen MR) is 111 cm³/mol. The molecule has 3 rings (SSSR count). The van der Waals surface area contributed by atoms with Gasteiger partial charge in [-0.05, 0) is 48.1 Å². The molecule has 0 aliphatic carbocycles. The van der Waals surface area contributed by atoms with Crippen molar-refractivity contribution in [3.8, 4) is 0 Å². The summed E-state index contributed by atoms with van der Waals surface area (Å²) >= 11 is 0. The molecule has 0 bridgehead atoms. The van der Waals surface area contributed by atoms with E-state index in [-0.39, 0.29) is 61.2 Å². The molecule has 0 spiro atoms. The minimum atomic E-state index is -4.28. The van der Waals surface area contributed by atoms with E-state index in [0.717, 1.165) is 15.9 Å². The fraction of sp³-hybridized carbons (Fsp3) is 0. The normalized spacial score (nSPS) is 11.8. The van der Waals surface area contributed by atoms with Gasteiger partial charge in [0.15, 0.2) is 0 Å². The molecule has 0 aliphatic heterocycles. The van der Waals surface area contributed by atoms with Gasteiger partial charge >= 0.3 is 0 Å². The topological polar surface area (TPSA) is 109 Å². The van der Waals surface area contributed by atoms with Crippen LogP contribution in [0.5, 0.6) is 0 Å². The molecule has 0 heterocycles. The molecule has 1 radical (unpaired) electrons. The van der Waals surface area contributed by atoms with Crippen LogP contribution in [-0.2, 0) is 20.2 Å². The van der Waals surface area contributed by atoms with E-state index in [0.29, 0.717) is 0 Å². The summed E-state index contributed by atoms with van der Waals surface area (Å²) in [6.07, 6.45) is 0. The zero-order valence-corrected chi connectivity index (χ0v) is 20.4. The summed E-state index contributed by atoms with van der Waals surface area (Å²) in [6.45, 7) is 0. The van der Waals surface area contributed by atoms with Crippen LogP contribution in [0.2, 0.25) is 0 Å². The summed E-state index contributed by atoms with van der Waals surface area (Å²) in [7, 11) is -9.66. The summed E-state index contributed by atoms with van der Waals surface area (Å²) in [6, 6.07) is 21.3. The van der Waals surface area contributed by atoms with E-state index >= 15 is 0 Å². The maximum absolute atomic E-state index is 11.3. The van der Waals surface area contributed by atoms with Gasteiger partial charge in [-0.3, -0.25) is 9.11 Å². The summed E-state index contributed by atoms with van der Waals surface area (Å²) < 4.78 is 63.4. The molecule has 10 heteroatoms. The van der Waals surface area contributed by atoms with E-state index in [2.05, 4.69) is 0 Å². The summed E-state index contributed by atoms with van der Waals surface area (Å²) in [4.78, 5) is -0.396. The van der Waals surface area contributed by atoms with Crippen LogP contribution in [0, 0.1) is 0 Å². The number of benzene rings is 3. The fourth-order valence-corrected chi connectivity index (χ4v) is 5.78. The van der Waals surface area contributed by atoms with Gasteiger partial charge in [-0.1, -0.05) is 54.6 Å². The minimum absolute atomic E-state index is 0. The van der Waals surface area contributed by atoms with Crippen molar-refractivity contribution in [3.05, 3.63) is 78.9 Å². The first-order valence-electron chi connectivity index (χ1n) is 7.66. The van der Waals surface area contributed by atoms with Crippen molar-refractivity contribution in [2.75, 3.05) is 0 Å². The van der Waals surface area contributed by atoms with Crippen LogP contribution in [0.1, 0.15) is 0 Å². The van der Waals surface area contributed by atoms with Gasteiger partial charge < -0.3 is 0 Å². The van der Waals surface area contributed by atoms with Crippen molar-refractivity contribution in [1.82, 2.24) is 0 Å². The third kappa shape index (κ3) is 5.79. The van der Waals surface area contributed by atoms with Crippen molar-refractivity contribution in [1.29, 1.82) is 0 Å². The SMILES string of the molecule is O=S(=O)(O)c1ccc(P(c2ccccc2)c2ccc(S(=O)(=O)O)cc2)cc1.[K]. The van der Waals surface area contributed by atoms with Gasteiger partial charge in [0.05, 0.1) is 9.79 Å². The quantitative estimate of drug-likeness (QED) is 0.339. The molecule has 0 amide bonds. The first-order valence-corrected chi connectivity index (χ1v) is 11.9. The molecule has 3 aromatic carbocycles. The van der Waals surface area contributed by atoms with Crippen LogP contribution >= 0.6 is 7.92 Å². The average Bonchev–Trinajstić information content (AvgIpc) is 2.62. The Bertz CT molecular complexity index is 1070. The molecule has 0 fully saturated rings. The molecule has 141 valence electrons. The second kappa shape index (κ2) is 9.57. The summed E-state index contributed by atoms with van der Waals surface area (Å²) in [5.41, 5.74) is 0. The Labute approximate surface area is 207 Å². The third-order valence-electron chi connectivity index (χ3n) is 3.80. The Balaban J connectivity index is 0.00000280. The van der Waals surface area contributed by atoms with Crippen LogP contribution in [0.15, 0.2) is 88.7 Å². The first-order chi connectivity index (χ1) is 12.7. The standard InChI is InChI=1S/C18H15O6PS2.K/c19-26(20,21)17-10-6-15(7-11-17)25(14-4-2-1-3-5-14)16-8-12-18(13-9-16)27(22,23)24;/h1-13H,(H,19,20,21)(H,22,23,24);. The van der Waals surface area contributed by atoms with Gasteiger partial charge in [-0.25, -0.2) is 0 Å². The molecule has 3 aromatic rings. The Kier molecular flexibility index (Phi) is 8.14. The first kappa shape index (κ1) is 23.8. The molecule has 0 saturated carbocycles. The monoisotopic (exact) mass is 461 g/mol. The average molecular weight is 462 g/mol. The largest absolute Gasteiger partial charge is 0.294 e. The van der Waals surface area contributed by atoms with Crippen LogP contribution in [0.4, 0.5) is 0 Å². The molecule has 0 unspecified atom stereocenters. The minimum Gasteiger partial charge on any atom is -0.282 e. The Morgan fingerprint density at radius 1 is 0.536 bits per heavy atom. The number of rotatable bonds is 5. The van der Waals surface area contributed by atoms with Crippen LogP contribution in [0.3, 0.4) is 0 Å². The zero-order chi connectivity index (χ0) is 19.7. The summed E-state index contributed by atoms with van der Waals surface area (Å²) in [5.74, 6) is 0. The van der Waals surface area contributed by atoms with Crippen molar-refractivity contribution >= 4 is 95.5 Å². The second-order valence-electron chi connectivity index (χ2n) is 5.61. The van der Waals surface area contributed by atoms with Crippen LogP contribution in [-0.4, -0.2) is 77.3 Å². The molecule has 28 heavy (non-hydrogen) atoms. The molecular formula is C18H15KO6PS2. The maximum Gasteiger partial charge on any atom is 0.294 e. The zero-order valence-electron chi connectivity index (χ0n) is 14.8. The maximum atomic E-state index is 11.3. The Hall–Kier alpha value is -0.454. The number of hydrogen-bond acceptors (Lipinski definition) is 4. The van der Waals surface area contributed by atoms with Crippen molar-refractivity contribution in [3.63, 3.8) is 0 Å². The molecule has 2 N–H and O–H groups in total. The van der Waals surface area contributed by atoms with Gasteiger partial charge in [0.25, 0.3) is 20.2 Å². The molecular weight excluding hydrogens is 446 g/mol. The molecule has 6 nitrogen and oxygen atoms in total. The van der Waals surface area contributed by atoms with Gasteiger partial charge in [-0.2, -0.15) is 16.8 Å². The van der Waals surface area contributed by atoms with E-state index in [1.165, 1.54) is 24.3 Å². The van der Waals surface area contributed by atoms with E-state index < -0.39 is 28.2 Å². The molecule has 0 atom stereocenters. The van der Waals surface area contributed by atoms with Gasteiger partial charge in [0.2, 0.25) is 0 Å². The van der Waals surface area contributed by atoms with Gasteiger partial charge in [0.1, 0.15) is 0 Å². The summed E-state index contributed by atoms with van der Waals surface area (Å²) in [5, 5.41) is 2.62. The van der Waals surface area contributed by atoms with E-state index in [1.807, 2.05) is 30.3 Å². The molecule has 0 aliphatic rings. The smallest absolute Gasteiger partial charge is 0.282 e. The number of hydrogen-bond donors (Lipinski definition) is 2. The van der Waals surface area contributed by atoms with E-state index in [4.69, 9.17) is 9.11 Å². The van der Waals surface area contributed by atoms with Crippen molar-refractivity contribution in [2.45, 2.75) is 9.79 Å². The predicted octanol–water partition coefficient (Wildman–Crippen LogP) is 1.56. The van der Waals surface area contributed by atoms with Crippen molar-refractivity contribution in [2.24, 2.45) is 0 Å². The molecule has 0 saturated heterocycles. The van der Waals surface area contributed by atoms with Gasteiger partial charge in [0, 0.05) is 51.4 Å². The molecule has 0 aromatic heterocycles. The Morgan fingerprint density at radius 3 is 1.18 bits per heavy atom. The van der Waals surface area contributed by atoms with E-state index in [1.54, 1.807) is 24.3 Å². The second-order valence-corrected chi connectivity index (χ2v) is 10.7. The third-order valence-corrected chi connectivity index (χ3v) is 7.98. The van der Waals surface area contributed by atoms with Crippen LogP contribution in [0.25, 0.3) is 0 Å². The van der Waals surface area contributed by atoms with Gasteiger partial charge in [-0.15, -0.1) is 0 Å². The Morgan fingerprint density at radius 2 is 0.857 bits per heavy atom. The fourth-order valence-electron chi connectivity index (χ4n) is 2.56. The van der Waals surface area contributed by atoms with Crippen molar-refractivity contribution < 1.29 is 25.9 Å². The van der Waals surface area contributed by atoms with E-state index in [9.17, 15) is 16.8 Å².